The number of hydrogen-bond donors (Lipinski definition) is 2. The summed E-state index contributed by atoms with van der Waals surface area (Å²) in [6, 6.07) is 14.8. The van der Waals surface area contributed by atoms with Gasteiger partial charge in [0, 0.05) is 6.42 Å². The van der Waals surface area contributed by atoms with E-state index in [0.717, 1.165) is 11.1 Å². The summed E-state index contributed by atoms with van der Waals surface area (Å²) in [6.07, 6.45) is -0.0188. The number of phenolic OH excluding ortho intramolecular Hbond substituents is 1. The fraction of sp³-hybridized carbons (Fsp3) is 0.200. The van der Waals surface area contributed by atoms with Gasteiger partial charge in [-0.15, -0.1) is 0 Å². The maximum Gasteiger partial charge on any atom is 0.115 e. The van der Waals surface area contributed by atoms with Crippen molar-refractivity contribution in [1.82, 2.24) is 0 Å². The highest BCUT2D eigenvalue weighted by atomic mass is 16.3. The van der Waals surface area contributed by atoms with E-state index in [1.54, 1.807) is 18.2 Å². The lowest BCUT2D eigenvalue weighted by atomic mass is 10.0. The van der Waals surface area contributed by atoms with Gasteiger partial charge in [-0.1, -0.05) is 42.0 Å². The summed E-state index contributed by atoms with van der Waals surface area (Å²) in [4.78, 5) is 0. The fourth-order valence-corrected chi connectivity index (χ4v) is 1.81. The summed E-state index contributed by atoms with van der Waals surface area (Å²) in [5, 5.41) is 19.4. The summed E-state index contributed by atoms with van der Waals surface area (Å²) in [5.41, 5.74) is 3.01. The largest absolute Gasteiger partial charge is 0.508 e. The number of benzene rings is 2. The molecule has 1 atom stereocenters. The normalized spacial score (nSPS) is 12.4. The van der Waals surface area contributed by atoms with Crippen molar-refractivity contribution < 1.29 is 10.2 Å². The van der Waals surface area contributed by atoms with E-state index in [9.17, 15) is 10.2 Å². The quantitative estimate of drug-likeness (QED) is 0.847. The molecule has 0 saturated heterocycles. The molecule has 2 heteroatoms. The van der Waals surface area contributed by atoms with E-state index in [0.29, 0.717) is 6.42 Å². The van der Waals surface area contributed by atoms with E-state index in [4.69, 9.17) is 0 Å². The lowest BCUT2D eigenvalue weighted by molar-refractivity contribution is 0.178. The summed E-state index contributed by atoms with van der Waals surface area (Å²) in [6.45, 7) is 2.02. The van der Waals surface area contributed by atoms with Crippen molar-refractivity contribution in [2.75, 3.05) is 0 Å². The van der Waals surface area contributed by atoms with Crippen LogP contribution in [0.3, 0.4) is 0 Å². The smallest absolute Gasteiger partial charge is 0.115 e. The molecule has 2 nitrogen and oxygen atoms in total. The Hall–Kier alpha value is -1.80. The Morgan fingerprint density at radius 3 is 2.41 bits per heavy atom. The summed E-state index contributed by atoms with van der Waals surface area (Å²) in [5.74, 6) is 0.235. The predicted molar refractivity (Wildman–Crippen MR) is 67.9 cm³/mol. The highest BCUT2D eigenvalue weighted by Gasteiger charge is 2.08. The molecule has 0 amide bonds. The standard InChI is InChI=1S/C15H16O2/c1-11-5-7-13(8-6-11)15(17)10-12-3-2-4-14(16)9-12/h2-9,15-17H,10H2,1H3. The van der Waals surface area contributed by atoms with Gasteiger partial charge in [0.25, 0.3) is 0 Å². The molecule has 0 heterocycles. The molecule has 0 bridgehead atoms. The van der Waals surface area contributed by atoms with Crippen LogP contribution < -0.4 is 0 Å². The van der Waals surface area contributed by atoms with Crippen molar-refractivity contribution in [3.05, 3.63) is 65.2 Å². The lowest BCUT2D eigenvalue weighted by Crippen LogP contribution is -2.01. The van der Waals surface area contributed by atoms with E-state index in [-0.39, 0.29) is 5.75 Å². The van der Waals surface area contributed by atoms with E-state index in [1.807, 2.05) is 37.3 Å². The van der Waals surface area contributed by atoms with Crippen LogP contribution in [0.4, 0.5) is 0 Å². The topological polar surface area (TPSA) is 40.5 Å². The van der Waals surface area contributed by atoms with Crippen molar-refractivity contribution >= 4 is 0 Å². The van der Waals surface area contributed by atoms with Gasteiger partial charge in [0.15, 0.2) is 0 Å². The van der Waals surface area contributed by atoms with Gasteiger partial charge >= 0.3 is 0 Å². The van der Waals surface area contributed by atoms with Crippen LogP contribution in [0.25, 0.3) is 0 Å². The van der Waals surface area contributed by atoms with Crippen molar-refractivity contribution in [1.29, 1.82) is 0 Å². The van der Waals surface area contributed by atoms with Crippen molar-refractivity contribution in [3.8, 4) is 5.75 Å². The van der Waals surface area contributed by atoms with Gasteiger partial charge in [-0.3, -0.25) is 0 Å². The van der Waals surface area contributed by atoms with Crippen LogP contribution in [0.1, 0.15) is 22.8 Å². The maximum atomic E-state index is 10.1. The second-order valence-corrected chi connectivity index (χ2v) is 4.30. The Bertz CT molecular complexity index is 489. The number of aliphatic hydroxyl groups is 1. The molecule has 0 aliphatic rings. The average Bonchev–Trinajstić information content (AvgIpc) is 2.29. The zero-order valence-corrected chi connectivity index (χ0v) is 9.80. The van der Waals surface area contributed by atoms with Crippen LogP contribution in [0.2, 0.25) is 0 Å². The molecule has 0 spiro atoms. The van der Waals surface area contributed by atoms with Crippen molar-refractivity contribution in [2.45, 2.75) is 19.4 Å². The first-order valence-electron chi connectivity index (χ1n) is 5.68. The highest BCUT2D eigenvalue weighted by Crippen LogP contribution is 2.20. The van der Waals surface area contributed by atoms with Gasteiger partial charge in [-0.25, -0.2) is 0 Å². The third kappa shape index (κ3) is 3.08. The summed E-state index contributed by atoms with van der Waals surface area (Å²) >= 11 is 0. The molecular formula is C15H16O2. The Labute approximate surface area is 101 Å². The molecule has 1 unspecified atom stereocenters. The van der Waals surface area contributed by atoms with Gasteiger partial charge in [-0.05, 0) is 30.2 Å². The molecular weight excluding hydrogens is 212 g/mol. The highest BCUT2D eigenvalue weighted by molar-refractivity contribution is 5.29. The lowest BCUT2D eigenvalue weighted by Gasteiger charge is -2.11. The van der Waals surface area contributed by atoms with Crippen LogP contribution in [0, 0.1) is 6.92 Å². The molecule has 0 fully saturated rings. The van der Waals surface area contributed by atoms with Crippen LogP contribution in [0.5, 0.6) is 5.75 Å². The van der Waals surface area contributed by atoms with Gasteiger partial charge in [0.1, 0.15) is 5.75 Å². The first-order chi connectivity index (χ1) is 8.15. The van der Waals surface area contributed by atoms with Crippen LogP contribution in [-0.4, -0.2) is 10.2 Å². The van der Waals surface area contributed by atoms with E-state index in [1.165, 1.54) is 5.56 Å². The van der Waals surface area contributed by atoms with Gasteiger partial charge in [0.2, 0.25) is 0 Å². The van der Waals surface area contributed by atoms with Gasteiger partial charge < -0.3 is 10.2 Å². The summed E-state index contributed by atoms with van der Waals surface area (Å²) < 4.78 is 0. The number of phenols is 1. The Morgan fingerprint density at radius 1 is 1.06 bits per heavy atom. The average molecular weight is 228 g/mol. The van der Waals surface area contributed by atoms with Crippen LogP contribution in [0.15, 0.2) is 48.5 Å². The minimum Gasteiger partial charge on any atom is -0.508 e. The van der Waals surface area contributed by atoms with Crippen molar-refractivity contribution in [3.63, 3.8) is 0 Å². The molecule has 0 saturated carbocycles. The van der Waals surface area contributed by atoms with E-state index < -0.39 is 6.10 Å². The molecule has 2 aromatic rings. The molecule has 17 heavy (non-hydrogen) atoms. The van der Waals surface area contributed by atoms with Crippen LogP contribution >= 0.6 is 0 Å². The number of aromatic hydroxyl groups is 1. The molecule has 0 aliphatic heterocycles. The molecule has 0 aromatic heterocycles. The second kappa shape index (κ2) is 5.02. The SMILES string of the molecule is Cc1ccc(C(O)Cc2cccc(O)c2)cc1. The Kier molecular flexibility index (Phi) is 3.45. The Morgan fingerprint density at radius 2 is 1.76 bits per heavy atom. The molecule has 88 valence electrons. The number of aryl methyl sites for hydroxylation is 1. The van der Waals surface area contributed by atoms with E-state index >= 15 is 0 Å². The molecule has 0 aliphatic carbocycles. The zero-order chi connectivity index (χ0) is 12.3. The first-order valence-corrected chi connectivity index (χ1v) is 5.68. The van der Waals surface area contributed by atoms with Crippen molar-refractivity contribution in [2.24, 2.45) is 0 Å². The zero-order valence-electron chi connectivity index (χ0n) is 9.80. The number of aliphatic hydroxyl groups excluding tert-OH is 1. The number of rotatable bonds is 3. The monoisotopic (exact) mass is 228 g/mol. The third-order valence-corrected chi connectivity index (χ3v) is 2.80. The van der Waals surface area contributed by atoms with Gasteiger partial charge in [0.05, 0.1) is 6.10 Å². The number of hydrogen-bond acceptors (Lipinski definition) is 2. The first kappa shape index (κ1) is 11.7. The van der Waals surface area contributed by atoms with Crippen LogP contribution in [-0.2, 0) is 6.42 Å². The Balaban J connectivity index is 2.11. The minimum absolute atomic E-state index is 0.235. The molecule has 2 aromatic carbocycles. The fourth-order valence-electron chi connectivity index (χ4n) is 1.81. The maximum absolute atomic E-state index is 10.1. The summed E-state index contributed by atoms with van der Waals surface area (Å²) in [7, 11) is 0. The predicted octanol–water partition coefficient (Wildman–Crippen LogP) is 2.98. The second-order valence-electron chi connectivity index (χ2n) is 4.30. The minimum atomic E-state index is -0.530. The van der Waals surface area contributed by atoms with E-state index in [2.05, 4.69) is 0 Å². The molecule has 0 radical (unpaired) electrons. The molecule has 2 N–H and O–H groups in total. The molecule has 2 rings (SSSR count). The van der Waals surface area contributed by atoms with Gasteiger partial charge in [-0.2, -0.15) is 0 Å². The third-order valence-electron chi connectivity index (χ3n) is 2.80.